The summed E-state index contributed by atoms with van der Waals surface area (Å²) in [5.41, 5.74) is 6.59. The van der Waals surface area contributed by atoms with Crippen LogP contribution in [0.15, 0.2) is 71.9 Å². The van der Waals surface area contributed by atoms with Gasteiger partial charge < -0.3 is 5.11 Å². The summed E-state index contributed by atoms with van der Waals surface area (Å²) in [5.74, 6) is -0.0923. The molecule has 7 heteroatoms. The number of benzene rings is 3. The average molecular weight is 564 g/mol. The van der Waals surface area contributed by atoms with E-state index in [-0.39, 0.29) is 40.2 Å². The predicted octanol–water partition coefficient (Wildman–Crippen LogP) is 6.19. The number of hydrogen-bond donors (Lipinski definition) is 0. The van der Waals surface area contributed by atoms with Gasteiger partial charge in [0.05, 0.1) is 26.2 Å². The number of hydrogen-bond acceptors (Lipinski definition) is 1. The fourth-order valence-corrected chi connectivity index (χ4v) is 10.4. The molecule has 1 nitrogen and oxygen atoms in total. The fourth-order valence-electron chi connectivity index (χ4n) is 5.23. The van der Waals surface area contributed by atoms with Gasteiger partial charge in [0.15, 0.2) is 0 Å². The monoisotopic (exact) mass is 562 g/mol. The summed E-state index contributed by atoms with van der Waals surface area (Å²) < 4.78 is 0. The molecule has 0 saturated heterocycles. The first-order valence-electron chi connectivity index (χ1n) is 11.8. The first-order chi connectivity index (χ1) is 16.3. The molecule has 0 aliphatic heterocycles. The summed E-state index contributed by atoms with van der Waals surface area (Å²) in [7, 11) is -3.96. The van der Waals surface area contributed by atoms with E-state index >= 15 is 0 Å². The van der Waals surface area contributed by atoms with E-state index < -0.39 is 16.1 Å². The summed E-state index contributed by atoms with van der Waals surface area (Å²) >= 11 is 19.4. The molecule has 0 saturated carbocycles. The molecule has 1 aliphatic carbocycles. The summed E-state index contributed by atoms with van der Waals surface area (Å²) in [6.07, 6.45) is 0. The fraction of sp³-hybridized carbons (Fsp3) is 0.241. The molecule has 3 aromatic carbocycles. The Balaban J connectivity index is 0.00000361. The van der Waals surface area contributed by atoms with Crippen LogP contribution in [0, 0.1) is 0 Å². The second kappa shape index (κ2) is 10.9. The van der Waals surface area contributed by atoms with Crippen LogP contribution in [-0.4, -0.2) is 16.1 Å². The van der Waals surface area contributed by atoms with Crippen molar-refractivity contribution < 1.29 is 24.0 Å². The van der Waals surface area contributed by atoms with Crippen LogP contribution >= 0.6 is 34.8 Å². The Morgan fingerprint density at radius 3 is 1.83 bits per heavy atom. The molecule has 3 aromatic rings. The van der Waals surface area contributed by atoms with Gasteiger partial charge in [-0.3, -0.25) is 0 Å². The van der Waals surface area contributed by atoms with Gasteiger partial charge in [-0.2, -0.15) is 0 Å². The molecule has 36 heavy (non-hydrogen) atoms. The second-order valence-electron chi connectivity index (χ2n) is 11.2. The molecular weight excluding hydrogens is 534 g/mol. The standard InChI is InChI=1S/C29H31Cl3OSi2.Li/c1-34(2,3)28-21-15-11-10-14-20(21)25(24(28)18-12-8-7-9-13-18)29(35(4,5)6)27(33)26-22(31)16-19(30)17-23(26)32;/h7-17,28,33H,1-6H3;/q;+1/p-1/b29-27+;. The number of allylic oxidation sites excluding steroid dienone is 3. The van der Waals surface area contributed by atoms with Crippen LogP contribution in [0.5, 0.6) is 0 Å². The molecule has 0 N–H and O–H groups in total. The van der Waals surface area contributed by atoms with E-state index in [9.17, 15) is 5.11 Å². The quantitative estimate of drug-likeness (QED) is 0.268. The molecular formula is C29H30Cl3LiOSi2. The summed E-state index contributed by atoms with van der Waals surface area (Å²) in [5, 5.41) is 16.3. The number of halogens is 3. The number of rotatable bonds is 5. The zero-order valence-corrected chi connectivity index (χ0v) is 26.2. The minimum absolute atomic E-state index is 0. The molecule has 1 aliphatic rings. The smallest absolute Gasteiger partial charge is 0.872 e. The summed E-state index contributed by atoms with van der Waals surface area (Å²) in [6.45, 7) is 13.9. The van der Waals surface area contributed by atoms with Crippen molar-refractivity contribution in [3.8, 4) is 0 Å². The van der Waals surface area contributed by atoms with Crippen LogP contribution in [0.25, 0.3) is 16.9 Å². The molecule has 0 heterocycles. The maximum absolute atomic E-state index is 14.4. The Labute approximate surface area is 244 Å². The van der Waals surface area contributed by atoms with E-state index in [2.05, 4.69) is 87.8 Å². The van der Waals surface area contributed by atoms with Crippen molar-refractivity contribution >= 4 is 67.9 Å². The molecule has 0 fully saturated rings. The van der Waals surface area contributed by atoms with Gasteiger partial charge in [0.1, 0.15) is 0 Å². The van der Waals surface area contributed by atoms with Crippen molar-refractivity contribution in [3.63, 3.8) is 0 Å². The predicted molar refractivity (Wildman–Crippen MR) is 158 cm³/mol. The Bertz CT molecular complexity index is 1330. The van der Waals surface area contributed by atoms with Gasteiger partial charge in [0, 0.05) is 16.1 Å². The van der Waals surface area contributed by atoms with E-state index in [1.165, 1.54) is 16.7 Å². The van der Waals surface area contributed by atoms with E-state index in [0.29, 0.717) is 10.6 Å². The Morgan fingerprint density at radius 2 is 1.31 bits per heavy atom. The molecule has 0 bridgehead atoms. The van der Waals surface area contributed by atoms with Gasteiger partial charge in [-0.25, -0.2) is 0 Å². The van der Waals surface area contributed by atoms with Crippen molar-refractivity contribution in [2.45, 2.75) is 44.8 Å². The summed E-state index contributed by atoms with van der Waals surface area (Å²) in [6, 6.07) is 22.3. The SMILES string of the molecule is C[Si](C)(C)/C(C1=C(c2ccccc2)C([Si](C)(C)C)c2ccccc21)=C(/[O-])c1c(Cl)cc(Cl)cc1Cl.[Li+]. The van der Waals surface area contributed by atoms with E-state index in [1.54, 1.807) is 12.1 Å². The van der Waals surface area contributed by atoms with Gasteiger partial charge in [-0.05, 0) is 40.0 Å². The zero-order chi connectivity index (χ0) is 25.7. The van der Waals surface area contributed by atoms with Crippen LogP contribution in [0.1, 0.15) is 27.8 Å². The van der Waals surface area contributed by atoms with Crippen molar-refractivity contribution in [2.24, 2.45) is 0 Å². The van der Waals surface area contributed by atoms with Crippen LogP contribution in [0.2, 0.25) is 54.3 Å². The largest absolute Gasteiger partial charge is 1.00 e. The Kier molecular flexibility index (Phi) is 8.91. The molecule has 0 spiro atoms. The average Bonchev–Trinajstić information content (AvgIpc) is 3.08. The molecule has 0 radical (unpaired) electrons. The van der Waals surface area contributed by atoms with Crippen LogP contribution < -0.4 is 24.0 Å². The molecule has 1 atom stereocenters. The maximum Gasteiger partial charge on any atom is 1.00 e. The molecule has 1 unspecified atom stereocenters. The van der Waals surface area contributed by atoms with Gasteiger partial charge in [0.25, 0.3) is 0 Å². The maximum atomic E-state index is 14.4. The second-order valence-corrected chi connectivity index (χ2v) is 22.8. The summed E-state index contributed by atoms with van der Waals surface area (Å²) in [4.78, 5) is 0. The topological polar surface area (TPSA) is 23.1 Å². The number of fused-ring (bicyclic) bond motifs is 1. The Hall–Kier alpha value is -1.16. The van der Waals surface area contributed by atoms with Crippen LogP contribution in [0.4, 0.5) is 0 Å². The first kappa shape index (κ1) is 29.4. The van der Waals surface area contributed by atoms with Crippen molar-refractivity contribution in [3.05, 3.63) is 109 Å². The van der Waals surface area contributed by atoms with E-state index in [4.69, 9.17) is 34.8 Å². The molecule has 4 rings (SSSR count). The van der Waals surface area contributed by atoms with Crippen molar-refractivity contribution in [1.29, 1.82) is 0 Å². The third-order valence-corrected chi connectivity index (χ3v) is 11.6. The van der Waals surface area contributed by atoms with Gasteiger partial charge in [-0.15, -0.1) is 0 Å². The van der Waals surface area contributed by atoms with Gasteiger partial charge >= 0.3 is 18.9 Å². The third-order valence-electron chi connectivity index (χ3n) is 6.51. The van der Waals surface area contributed by atoms with Gasteiger partial charge in [-0.1, -0.05) is 140 Å². The van der Waals surface area contributed by atoms with E-state index in [1.807, 2.05) is 6.07 Å². The normalized spacial score (nSPS) is 16.4. The van der Waals surface area contributed by atoms with Crippen LogP contribution in [0.3, 0.4) is 0 Å². The Morgan fingerprint density at radius 1 is 0.778 bits per heavy atom. The van der Waals surface area contributed by atoms with Crippen molar-refractivity contribution in [1.82, 2.24) is 0 Å². The minimum Gasteiger partial charge on any atom is -0.872 e. The van der Waals surface area contributed by atoms with Crippen molar-refractivity contribution in [2.75, 3.05) is 0 Å². The van der Waals surface area contributed by atoms with E-state index in [0.717, 1.165) is 16.3 Å². The van der Waals surface area contributed by atoms with Crippen LogP contribution in [-0.2, 0) is 0 Å². The zero-order valence-electron chi connectivity index (χ0n) is 22.0. The minimum atomic E-state index is -2.21. The first-order valence-corrected chi connectivity index (χ1v) is 20.0. The molecule has 182 valence electrons. The molecule has 0 amide bonds. The van der Waals surface area contributed by atoms with Gasteiger partial charge in [0.2, 0.25) is 0 Å². The third kappa shape index (κ3) is 5.50. The molecule has 0 aromatic heterocycles.